The third-order valence-corrected chi connectivity index (χ3v) is 3.31. The van der Waals surface area contributed by atoms with Crippen LogP contribution in [-0.4, -0.2) is 40.6 Å². The van der Waals surface area contributed by atoms with Gasteiger partial charge in [-0.2, -0.15) is 0 Å². The molecule has 0 radical (unpaired) electrons. The Morgan fingerprint density at radius 3 is 2.44 bits per heavy atom. The zero-order valence-corrected chi connectivity index (χ0v) is 14.9. The second-order valence-electron chi connectivity index (χ2n) is 7.09. The average Bonchev–Trinajstić information content (AvgIpc) is 3.29. The summed E-state index contributed by atoms with van der Waals surface area (Å²) in [6.07, 6.45) is 2.54. The minimum absolute atomic E-state index is 0.236. The highest BCUT2D eigenvalue weighted by Gasteiger charge is 2.23. The summed E-state index contributed by atoms with van der Waals surface area (Å²) in [5.41, 5.74) is -0.244. The molecule has 0 aromatic carbocycles. The van der Waals surface area contributed by atoms with Crippen LogP contribution in [0.25, 0.3) is 0 Å². The lowest BCUT2D eigenvalue weighted by Gasteiger charge is -2.21. The van der Waals surface area contributed by atoms with Crippen molar-refractivity contribution in [3.8, 4) is 0 Å². The Morgan fingerprint density at radius 2 is 1.92 bits per heavy atom. The number of esters is 1. The summed E-state index contributed by atoms with van der Waals surface area (Å²) in [5, 5.41) is 7.94. The second kappa shape index (κ2) is 7.50. The summed E-state index contributed by atoms with van der Waals surface area (Å²) in [7, 11) is 0. The average molecular weight is 348 g/mol. The van der Waals surface area contributed by atoms with E-state index in [0.717, 1.165) is 12.8 Å². The van der Waals surface area contributed by atoms with Gasteiger partial charge in [0.05, 0.1) is 5.56 Å². The van der Waals surface area contributed by atoms with Crippen molar-refractivity contribution in [2.24, 2.45) is 0 Å². The van der Waals surface area contributed by atoms with Crippen LogP contribution in [0.15, 0.2) is 18.3 Å². The molecule has 1 saturated carbocycles. The Balaban J connectivity index is 1.83. The topological polar surface area (TPSA) is 109 Å². The summed E-state index contributed by atoms with van der Waals surface area (Å²) < 4.78 is 5.07. The van der Waals surface area contributed by atoms with Gasteiger partial charge in [-0.05, 0) is 52.7 Å². The van der Waals surface area contributed by atoms with Crippen molar-refractivity contribution in [1.29, 1.82) is 0 Å². The molecule has 1 fully saturated rings. The van der Waals surface area contributed by atoms with Gasteiger partial charge in [0.15, 0.2) is 6.10 Å². The lowest BCUT2D eigenvalue weighted by molar-refractivity contribution is -0.127. The van der Waals surface area contributed by atoms with Crippen molar-refractivity contribution in [3.63, 3.8) is 0 Å². The summed E-state index contributed by atoms with van der Waals surface area (Å²) in [6.45, 7) is 6.76. The van der Waals surface area contributed by atoms with Crippen LogP contribution in [-0.2, 0) is 9.53 Å². The van der Waals surface area contributed by atoms with E-state index >= 15 is 0 Å². The van der Waals surface area contributed by atoms with Crippen molar-refractivity contribution in [2.45, 2.75) is 58.2 Å². The number of carbonyl (C=O) groups excluding carboxylic acids is 3. The monoisotopic (exact) mass is 348 g/mol. The van der Waals surface area contributed by atoms with Gasteiger partial charge in [-0.3, -0.25) is 10.1 Å². The largest absolute Gasteiger partial charge is 0.449 e. The molecule has 8 heteroatoms. The number of rotatable bonds is 5. The first-order valence-corrected chi connectivity index (χ1v) is 8.20. The normalized spacial score (nSPS) is 15.0. The van der Waals surface area contributed by atoms with Gasteiger partial charge in [0, 0.05) is 17.8 Å². The van der Waals surface area contributed by atoms with E-state index in [2.05, 4.69) is 20.9 Å². The molecule has 1 aromatic rings. The summed E-state index contributed by atoms with van der Waals surface area (Å²) in [6, 6.07) is 3.10. The van der Waals surface area contributed by atoms with Gasteiger partial charge in [0.25, 0.3) is 5.91 Å². The molecule has 0 spiro atoms. The van der Waals surface area contributed by atoms with Gasteiger partial charge in [-0.25, -0.2) is 14.6 Å². The maximum absolute atomic E-state index is 12.1. The molecule has 8 nitrogen and oxygen atoms in total. The van der Waals surface area contributed by atoms with Gasteiger partial charge in [-0.1, -0.05) is 0 Å². The molecule has 25 heavy (non-hydrogen) atoms. The van der Waals surface area contributed by atoms with E-state index in [9.17, 15) is 14.4 Å². The maximum atomic E-state index is 12.1. The van der Waals surface area contributed by atoms with E-state index in [4.69, 9.17) is 4.74 Å². The number of nitrogens with one attached hydrogen (secondary N) is 3. The van der Waals surface area contributed by atoms with Crippen LogP contribution in [0.2, 0.25) is 0 Å². The van der Waals surface area contributed by atoms with Crippen LogP contribution in [0.1, 0.15) is 50.9 Å². The fraction of sp³-hybridized carbons (Fsp3) is 0.529. The van der Waals surface area contributed by atoms with Gasteiger partial charge < -0.3 is 15.4 Å². The number of ether oxygens (including phenoxy) is 1. The number of imide groups is 1. The second-order valence-corrected chi connectivity index (χ2v) is 7.09. The van der Waals surface area contributed by atoms with Crippen LogP contribution >= 0.6 is 0 Å². The molecule has 0 saturated heterocycles. The van der Waals surface area contributed by atoms with Crippen molar-refractivity contribution < 1.29 is 19.1 Å². The predicted molar refractivity (Wildman–Crippen MR) is 92.2 cm³/mol. The smallest absolute Gasteiger partial charge is 0.340 e. The molecule has 0 aliphatic heterocycles. The molecule has 1 aromatic heterocycles. The van der Waals surface area contributed by atoms with Gasteiger partial charge in [-0.15, -0.1) is 0 Å². The number of carbonyl (C=O) groups is 3. The van der Waals surface area contributed by atoms with Crippen LogP contribution in [0, 0.1) is 0 Å². The third kappa shape index (κ3) is 6.40. The summed E-state index contributed by atoms with van der Waals surface area (Å²) >= 11 is 0. The number of urea groups is 1. The van der Waals surface area contributed by atoms with Crippen molar-refractivity contribution >= 4 is 23.7 Å². The lowest BCUT2D eigenvalue weighted by atomic mass is 10.1. The molecule has 0 bridgehead atoms. The molecular formula is C17H24N4O4. The van der Waals surface area contributed by atoms with Crippen LogP contribution < -0.4 is 16.0 Å². The fourth-order valence-electron chi connectivity index (χ4n) is 1.90. The van der Waals surface area contributed by atoms with E-state index in [1.165, 1.54) is 13.1 Å². The highest BCUT2D eigenvalue weighted by atomic mass is 16.5. The first kappa shape index (κ1) is 18.7. The van der Waals surface area contributed by atoms with Crippen LogP contribution in [0.5, 0.6) is 0 Å². The third-order valence-electron chi connectivity index (χ3n) is 3.31. The minimum Gasteiger partial charge on any atom is -0.449 e. The number of amides is 3. The Labute approximate surface area is 146 Å². The zero-order valence-electron chi connectivity index (χ0n) is 14.9. The van der Waals surface area contributed by atoms with Crippen molar-refractivity contribution in [2.75, 3.05) is 5.32 Å². The molecule has 1 unspecified atom stereocenters. The molecule has 1 heterocycles. The predicted octanol–water partition coefficient (Wildman–Crippen LogP) is 1.83. The molecule has 136 valence electrons. The SMILES string of the molecule is CC(OC(=O)c1ccc(NC2CC2)nc1)C(=O)NC(=O)NC(C)(C)C. The van der Waals surface area contributed by atoms with Crippen LogP contribution in [0.3, 0.4) is 0 Å². The maximum Gasteiger partial charge on any atom is 0.340 e. The van der Waals surface area contributed by atoms with Crippen molar-refractivity contribution in [1.82, 2.24) is 15.6 Å². The number of pyridine rings is 1. The highest BCUT2D eigenvalue weighted by molar-refractivity contribution is 5.98. The van der Waals surface area contributed by atoms with E-state index < -0.39 is 29.6 Å². The Morgan fingerprint density at radius 1 is 1.24 bits per heavy atom. The fourth-order valence-corrected chi connectivity index (χ4v) is 1.90. The quantitative estimate of drug-likeness (QED) is 0.700. The number of hydrogen-bond acceptors (Lipinski definition) is 6. The standard InChI is InChI=1S/C17H24N4O4/c1-10(14(22)20-16(24)21-17(2,3)4)25-15(23)11-5-8-13(18-9-11)19-12-6-7-12/h5,8-10,12H,6-7H2,1-4H3,(H,18,19)(H2,20,21,22,24). The molecule has 3 N–H and O–H groups in total. The van der Waals surface area contributed by atoms with Gasteiger partial charge in [0.2, 0.25) is 0 Å². The van der Waals surface area contributed by atoms with E-state index in [1.54, 1.807) is 32.9 Å². The first-order chi connectivity index (χ1) is 11.6. The van der Waals surface area contributed by atoms with E-state index in [1.807, 2.05) is 0 Å². The molecule has 2 rings (SSSR count). The zero-order chi connectivity index (χ0) is 18.6. The molecule has 3 amide bonds. The highest BCUT2D eigenvalue weighted by Crippen LogP contribution is 2.23. The summed E-state index contributed by atoms with van der Waals surface area (Å²) in [5.74, 6) is -0.678. The van der Waals surface area contributed by atoms with E-state index in [0.29, 0.717) is 11.9 Å². The van der Waals surface area contributed by atoms with Crippen LogP contribution in [0.4, 0.5) is 10.6 Å². The number of anilines is 1. The Hall–Kier alpha value is -2.64. The Bertz CT molecular complexity index is 648. The van der Waals surface area contributed by atoms with Gasteiger partial charge in [0.1, 0.15) is 5.82 Å². The summed E-state index contributed by atoms with van der Waals surface area (Å²) in [4.78, 5) is 39.8. The molecule has 1 aliphatic carbocycles. The number of aromatic nitrogens is 1. The number of hydrogen-bond donors (Lipinski definition) is 3. The molecule has 1 atom stereocenters. The Kier molecular flexibility index (Phi) is 5.61. The van der Waals surface area contributed by atoms with Crippen molar-refractivity contribution in [3.05, 3.63) is 23.9 Å². The first-order valence-electron chi connectivity index (χ1n) is 8.20. The lowest BCUT2D eigenvalue weighted by Crippen LogP contribution is -2.50. The molecular weight excluding hydrogens is 324 g/mol. The number of nitrogens with zero attached hydrogens (tertiary/aromatic N) is 1. The minimum atomic E-state index is -1.11. The van der Waals surface area contributed by atoms with Gasteiger partial charge >= 0.3 is 12.0 Å². The van der Waals surface area contributed by atoms with E-state index in [-0.39, 0.29) is 5.56 Å². The molecule has 1 aliphatic rings.